The minimum Gasteiger partial charge on any atom is -0.462 e. The molecule has 1 saturated heterocycles. The van der Waals surface area contributed by atoms with E-state index < -0.39 is 89.1 Å². The second-order valence-electron chi connectivity index (χ2n) is 11.4. The molecular formula is C28H40O12. The smallest absolute Gasteiger partial charge is 0.312 e. The highest BCUT2D eigenvalue weighted by atomic mass is 16.6. The van der Waals surface area contributed by atoms with Crippen molar-refractivity contribution in [3.05, 3.63) is 11.6 Å². The van der Waals surface area contributed by atoms with Crippen molar-refractivity contribution >= 4 is 29.8 Å². The van der Waals surface area contributed by atoms with Crippen molar-refractivity contribution in [1.82, 2.24) is 0 Å². The monoisotopic (exact) mass is 568 g/mol. The summed E-state index contributed by atoms with van der Waals surface area (Å²) in [7, 11) is 0. The van der Waals surface area contributed by atoms with E-state index in [1.54, 1.807) is 13.8 Å². The van der Waals surface area contributed by atoms with Gasteiger partial charge in [0.05, 0.1) is 12.0 Å². The van der Waals surface area contributed by atoms with Crippen molar-refractivity contribution in [2.45, 2.75) is 104 Å². The molecule has 5 unspecified atom stereocenters. The van der Waals surface area contributed by atoms with Crippen LogP contribution in [0.3, 0.4) is 0 Å². The van der Waals surface area contributed by atoms with Gasteiger partial charge in [-0.2, -0.15) is 0 Å². The summed E-state index contributed by atoms with van der Waals surface area (Å²) in [6.45, 7) is 9.57. The summed E-state index contributed by atoms with van der Waals surface area (Å²) in [5.41, 5.74) is -3.05. The van der Waals surface area contributed by atoms with Gasteiger partial charge in [-0.25, -0.2) is 0 Å². The maximum atomic E-state index is 12.8. The van der Waals surface area contributed by atoms with Crippen molar-refractivity contribution < 1.29 is 57.9 Å². The molecule has 0 radical (unpaired) electrons. The van der Waals surface area contributed by atoms with Crippen LogP contribution in [0.25, 0.3) is 0 Å². The molecule has 2 aliphatic carbocycles. The Kier molecular flexibility index (Phi) is 9.35. The van der Waals surface area contributed by atoms with Gasteiger partial charge >= 0.3 is 29.8 Å². The van der Waals surface area contributed by atoms with Gasteiger partial charge in [-0.3, -0.25) is 24.0 Å². The van der Waals surface area contributed by atoms with Gasteiger partial charge in [-0.05, 0) is 37.3 Å². The Morgan fingerprint density at radius 1 is 0.975 bits per heavy atom. The summed E-state index contributed by atoms with van der Waals surface area (Å²) in [4.78, 5) is 61.0. The van der Waals surface area contributed by atoms with E-state index in [-0.39, 0.29) is 25.9 Å². The van der Waals surface area contributed by atoms with E-state index in [4.69, 9.17) is 23.7 Å². The van der Waals surface area contributed by atoms with Crippen molar-refractivity contribution in [1.29, 1.82) is 0 Å². The van der Waals surface area contributed by atoms with Gasteiger partial charge in [0.25, 0.3) is 0 Å². The Balaban J connectivity index is 2.29. The van der Waals surface area contributed by atoms with Gasteiger partial charge in [-0.15, -0.1) is 0 Å². The van der Waals surface area contributed by atoms with E-state index in [2.05, 4.69) is 0 Å². The molecule has 1 heterocycles. The molecule has 12 heteroatoms. The molecule has 2 fully saturated rings. The molecular weight excluding hydrogens is 528 g/mol. The summed E-state index contributed by atoms with van der Waals surface area (Å²) in [5, 5.41) is 24.3. The molecule has 3 rings (SSSR count). The van der Waals surface area contributed by atoms with Crippen LogP contribution in [-0.2, 0) is 47.7 Å². The fourth-order valence-electron chi connectivity index (χ4n) is 6.75. The normalized spacial score (nSPS) is 40.7. The third-order valence-corrected chi connectivity index (χ3v) is 8.77. The summed E-state index contributed by atoms with van der Waals surface area (Å²) < 4.78 is 27.9. The lowest BCUT2D eigenvalue weighted by Gasteiger charge is -2.57. The van der Waals surface area contributed by atoms with E-state index >= 15 is 0 Å². The van der Waals surface area contributed by atoms with Crippen molar-refractivity contribution in [3.63, 3.8) is 0 Å². The lowest BCUT2D eigenvalue weighted by molar-refractivity contribution is -0.246. The average molecular weight is 569 g/mol. The fraction of sp³-hybridized carbons (Fsp3) is 0.750. The van der Waals surface area contributed by atoms with Crippen LogP contribution in [0.5, 0.6) is 0 Å². The molecule has 0 amide bonds. The van der Waals surface area contributed by atoms with Crippen molar-refractivity contribution in [2.75, 3.05) is 6.61 Å². The standard InChI is InChI=1S/C28H40O12/c1-13-20(37-16(4)30)11-22(39-18(6)32)27(7)21(38-17(5)31)9-8-19(12-36-15(3)29)10-23-28(35,25(33)24(13)27)14(2)26(34)40-23/h10,13-14,20-25,33,35H,8-9,11-12H2,1-7H3/b19-10+/t13-,14?,20-,21+,22?,23?,24?,25+,27-,28?/m0/s1. The topological polar surface area (TPSA) is 172 Å². The number of esters is 5. The number of ether oxygens (including phenoxy) is 5. The second kappa shape index (κ2) is 11.9. The highest BCUT2D eigenvalue weighted by Crippen LogP contribution is 2.56. The van der Waals surface area contributed by atoms with E-state index in [0.29, 0.717) is 5.57 Å². The van der Waals surface area contributed by atoms with Gasteiger partial charge in [-0.1, -0.05) is 13.8 Å². The van der Waals surface area contributed by atoms with E-state index in [9.17, 15) is 34.2 Å². The minimum absolute atomic E-state index is 0.0425. The molecule has 3 aliphatic rings. The maximum Gasteiger partial charge on any atom is 0.312 e. The zero-order valence-corrected chi connectivity index (χ0v) is 24.0. The lowest BCUT2D eigenvalue weighted by atomic mass is 9.52. The van der Waals surface area contributed by atoms with E-state index in [1.165, 1.54) is 40.7 Å². The first-order chi connectivity index (χ1) is 18.5. The molecule has 0 aromatic rings. The molecule has 12 nitrogen and oxygen atoms in total. The molecule has 10 atom stereocenters. The minimum atomic E-state index is -2.18. The first kappa shape index (κ1) is 31.5. The number of carbonyl (C=O) groups excluding carboxylic acids is 5. The van der Waals surface area contributed by atoms with Crippen LogP contribution >= 0.6 is 0 Å². The van der Waals surface area contributed by atoms with Gasteiger partial charge in [0.15, 0.2) is 6.10 Å². The van der Waals surface area contributed by atoms with Crippen LogP contribution in [0, 0.1) is 23.2 Å². The Morgan fingerprint density at radius 2 is 1.55 bits per heavy atom. The van der Waals surface area contributed by atoms with Crippen LogP contribution in [0.4, 0.5) is 0 Å². The van der Waals surface area contributed by atoms with Crippen molar-refractivity contribution in [2.24, 2.45) is 23.2 Å². The second-order valence-corrected chi connectivity index (χ2v) is 11.4. The Hall–Kier alpha value is -2.99. The molecule has 2 N–H and O–H groups in total. The number of aliphatic hydroxyl groups excluding tert-OH is 1. The lowest BCUT2D eigenvalue weighted by Crippen LogP contribution is -2.68. The van der Waals surface area contributed by atoms with Crippen LogP contribution in [-0.4, -0.2) is 82.8 Å². The number of aliphatic hydroxyl groups is 2. The van der Waals surface area contributed by atoms with Crippen molar-refractivity contribution in [3.8, 4) is 0 Å². The first-order valence-corrected chi connectivity index (χ1v) is 13.5. The SMILES string of the molecule is CC(=O)OC/C1=C/C2OC(=O)C(C)C2(O)[C@H](O)C2[C@@H](C)[C@@H](OC(C)=O)CC(OC(C)=O)[C@]2(C)[C@H](OC(C)=O)CC1. The third-order valence-electron chi connectivity index (χ3n) is 8.77. The first-order valence-electron chi connectivity index (χ1n) is 13.5. The summed E-state index contributed by atoms with van der Waals surface area (Å²) in [6.07, 6.45) is -3.99. The molecule has 224 valence electrons. The molecule has 1 aliphatic heterocycles. The van der Waals surface area contributed by atoms with Crippen LogP contribution in [0.2, 0.25) is 0 Å². The van der Waals surface area contributed by atoms with Gasteiger partial charge in [0.1, 0.15) is 30.5 Å². The number of carbonyl (C=O) groups is 5. The maximum absolute atomic E-state index is 12.8. The highest BCUT2D eigenvalue weighted by molar-refractivity contribution is 5.77. The van der Waals surface area contributed by atoms with Crippen LogP contribution in [0.15, 0.2) is 11.6 Å². The zero-order chi connectivity index (χ0) is 30.2. The van der Waals surface area contributed by atoms with Gasteiger partial charge in [0, 0.05) is 45.4 Å². The van der Waals surface area contributed by atoms with Crippen LogP contribution in [0.1, 0.15) is 67.7 Å². The zero-order valence-electron chi connectivity index (χ0n) is 24.0. The molecule has 0 spiro atoms. The van der Waals surface area contributed by atoms with Gasteiger partial charge in [0.2, 0.25) is 0 Å². The molecule has 0 aromatic heterocycles. The molecule has 1 saturated carbocycles. The Labute approximate surface area is 233 Å². The Bertz CT molecular complexity index is 1070. The third kappa shape index (κ3) is 5.88. The predicted octanol–water partition coefficient (Wildman–Crippen LogP) is 1.38. The predicted molar refractivity (Wildman–Crippen MR) is 136 cm³/mol. The fourth-order valence-corrected chi connectivity index (χ4v) is 6.75. The summed E-state index contributed by atoms with van der Waals surface area (Å²) >= 11 is 0. The highest BCUT2D eigenvalue weighted by Gasteiger charge is 2.67. The van der Waals surface area contributed by atoms with E-state index in [1.807, 2.05) is 0 Å². The molecule has 0 bridgehead atoms. The number of rotatable bonds is 5. The van der Waals surface area contributed by atoms with Crippen LogP contribution < -0.4 is 0 Å². The average Bonchev–Trinajstić information content (AvgIpc) is 3.05. The van der Waals surface area contributed by atoms with E-state index in [0.717, 1.165) is 0 Å². The quantitative estimate of drug-likeness (QED) is 0.278. The number of hydrogen-bond donors (Lipinski definition) is 2. The number of fused-ring (bicyclic) bond motifs is 2. The Morgan fingerprint density at radius 3 is 2.10 bits per heavy atom. The summed E-state index contributed by atoms with van der Waals surface area (Å²) in [5.74, 6) is -6.02. The molecule has 0 aromatic carbocycles. The number of hydrogen-bond acceptors (Lipinski definition) is 12. The largest absolute Gasteiger partial charge is 0.462 e. The van der Waals surface area contributed by atoms with Gasteiger partial charge < -0.3 is 33.9 Å². The summed E-state index contributed by atoms with van der Waals surface area (Å²) in [6, 6.07) is 0. The molecule has 40 heavy (non-hydrogen) atoms.